The second-order valence-electron chi connectivity index (χ2n) is 4.99. The predicted octanol–water partition coefficient (Wildman–Crippen LogP) is 0.584. The minimum absolute atomic E-state index is 0.0181. The van der Waals surface area contributed by atoms with E-state index < -0.39 is 4.92 Å². The molecule has 1 amide bonds. The van der Waals surface area contributed by atoms with Crippen LogP contribution in [0.1, 0.15) is 5.56 Å². The Bertz CT molecular complexity index is 501. The molecule has 2 rings (SSSR count). The molecule has 1 fully saturated rings. The predicted molar refractivity (Wildman–Crippen MR) is 77.0 cm³/mol. The van der Waals surface area contributed by atoms with Crippen molar-refractivity contribution in [3.8, 4) is 0 Å². The number of non-ortho nitro benzene ring substituents is 1. The number of ether oxygens (including phenoxy) is 1. The molecule has 114 valence electrons. The van der Waals surface area contributed by atoms with Gasteiger partial charge in [-0.1, -0.05) is 12.1 Å². The maximum atomic E-state index is 12.3. The van der Waals surface area contributed by atoms with Crippen LogP contribution in [-0.4, -0.2) is 55.1 Å². The summed E-state index contributed by atoms with van der Waals surface area (Å²) in [6.07, 6.45) is 0.272. The van der Waals surface area contributed by atoms with Crippen molar-refractivity contribution in [3.63, 3.8) is 0 Å². The number of carbonyl (C=O) groups excluding carboxylic acids is 1. The smallest absolute Gasteiger partial charge is 0.269 e. The molecule has 0 aromatic heterocycles. The molecule has 1 heterocycles. The molecule has 7 nitrogen and oxygen atoms in total. The van der Waals surface area contributed by atoms with E-state index in [1.165, 1.54) is 12.1 Å². The molecular weight excluding hydrogens is 274 g/mol. The quantitative estimate of drug-likeness (QED) is 0.634. The lowest BCUT2D eigenvalue weighted by Crippen LogP contribution is -2.49. The van der Waals surface area contributed by atoms with Crippen LogP contribution in [0.3, 0.4) is 0 Å². The number of amides is 1. The molecule has 7 heteroatoms. The fourth-order valence-electron chi connectivity index (χ4n) is 2.32. The van der Waals surface area contributed by atoms with E-state index in [9.17, 15) is 14.9 Å². The van der Waals surface area contributed by atoms with E-state index >= 15 is 0 Å². The van der Waals surface area contributed by atoms with E-state index in [0.717, 1.165) is 5.56 Å². The first-order valence-electron chi connectivity index (χ1n) is 6.87. The monoisotopic (exact) mass is 293 g/mol. The number of hydrogen-bond donors (Lipinski definition) is 1. The van der Waals surface area contributed by atoms with Gasteiger partial charge in [-0.15, -0.1) is 0 Å². The van der Waals surface area contributed by atoms with E-state index in [2.05, 4.69) is 5.32 Å². The second kappa shape index (κ2) is 7.14. The van der Waals surface area contributed by atoms with Crippen molar-refractivity contribution in [1.82, 2.24) is 10.2 Å². The van der Waals surface area contributed by atoms with Gasteiger partial charge in [0.15, 0.2) is 0 Å². The summed E-state index contributed by atoms with van der Waals surface area (Å²) in [5.41, 5.74) is 0.814. The minimum Gasteiger partial charge on any atom is -0.373 e. The average Bonchev–Trinajstić information content (AvgIpc) is 2.48. The number of nitrogens with zero attached hydrogens (tertiary/aromatic N) is 2. The molecule has 1 N–H and O–H groups in total. The Hall–Kier alpha value is -1.99. The van der Waals surface area contributed by atoms with E-state index in [-0.39, 0.29) is 24.1 Å². The summed E-state index contributed by atoms with van der Waals surface area (Å²) >= 11 is 0. The highest BCUT2D eigenvalue weighted by molar-refractivity contribution is 5.79. The summed E-state index contributed by atoms with van der Waals surface area (Å²) in [4.78, 5) is 24.2. The molecule has 21 heavy (non-hydrogen) atoms. The molecule has 1 saturated heterocycles. The van der Waals surface area contributed by atoms with Gasteiger partial charge >= 0.3 is 0 Å². The summed E-state index contributed by atoms with van der Waals surface area (Å²) in [7, 11) is 1.85. The number of nitro groups is 1. The number of carbonyl (C=O) groups is 1. The van der Waals surface area contributed by atoms with Crippen LogP contribution in [0, 0.1) is 10.1 Å². The third kappa shape index (κ3) is 4.24. The first-order valence-corrected chi connectivity index (χ1v) is 6.87. The number of benzene rings is 1. The lowest BCUT2D eigenvalue weighted by molar-refractivity contribution is -0.384. The highest BCUT2D eigenvalue weighted by atomic mass is 16.6. The van der Waals surface area contributed by atoms with Gasteiger partial charge in [0.1, 0.15) is 0 Å². The maximum Gasteiger partial charge on any atom is 0.269 e. The van der Waals surface area contributed by atoms with Crippen LogP contribution >= 0.6 is 0 Å². The zero-order chi connectivity index (χ0) is 15.2. The number of likely N-dealkylation sites (N-methyl/N-ethyl adjacent to an activating group) is 1. The van der Waals surface area contributed by atoms with Crippen LogP contribution < -0.4 is 5.32 Å². The van der Waals surface area contributed by atoms with Crippen molar-refractivity contribution in [2.24, 2.45) is 0 Å². The first-order chi connectivity index (χ1) is 10.1. The number of morpholine rings is 1. The molecule has 0 saturated carbocycles. The molecule has 0 spiro atoms. The molecule has 0 radical (unpaired) electrons. The Morgan fingerprint density at radius 1 is 1.48 bits per heavy atom. The van der Waals surface area contributed by atoms with Crippen molar-refractivity contribution in [3.05, 3.63) is 39.9 Å². The molecular formula is C14H19N3O4. The summed E-state index contributed by atoms with van der Waals surface area (Å²) in [5.74, 6) is 0.0215. The van der Waals surface area contributed by atoms with E-state index in [4.69, 9.17) is 4.74 Å². The Kier molecular flexibility index (Phi) is 5.24. The van der Waals surface area contributed by atoms with Crippen LogP contribution in [-0.2, 0) is 16.0 Å². The standard InChI is InChI=1S/C14H19N3O4/c1-15-9-13-10-16(6-7-21-13)14(18)8-11-2-4-12(5-3-11)17(19)20/h2-5,13,15H,6-10H2,1H3. The zero-order valence-electron chi connectivity index (χ0n) is 11.9. The SMILES string of the molecule is CNCC1CN(C(=O)Cc2ccc([N+](=O)[O-])cc2)CCO1. The highest BCUT2D eigenvalue weighted by Crippen LogP contribution is 2.14. The largest absolute Gasteiger partial charge is 0.373 e. The van der Waals surface area contributed by atoms with Gasteiger partial charge in [0.05, 0.1) is 24.1 Å². The van der Waals surface area contributed by atoms with Crippen LogP contribution in [0.4, 0.5) is 5.69 Å². The van der Waals surface area contributed by atoms with Gasteiger partial charge in [-0.3, -0.25) is 14.9 Å². The number of nitrogens with one attached hydrogen (secondary N) is 1. The lowest BCUT2D eigenvalue weighted by Gasteiger charge is -2.33. The summed E-state index contributed by atoms with van der Waals surface area (Å²) in [6, 6.07) is 6.10. The van der Waals surface area contributed by atoms with Crippen LogP contribution in [0.15, 0.2) is 24.3 Å². The van der Waals surface area contributed by atoms with Crippen LogP contribution in [0.5, 0.6) is 0 Å². The van der Waals surface area contributed by atoms with Crippen LogP contribution in [0.25, 0.3) is 0 Å². The molecule has 0 aliphatic carbocycles. The molecule has 1 aromatic carbocycles. The third-order valence-electron chi connectivity index (χ3n) is 3.43. The maximum absolute atomic E-state index is 12.3. The van der Waals surface area contributed by atoms with Crippen LogP contribution in [0.2, 0.25) is 0 Å². The summed E-state index contributed by atoms with van der Waals surface area (Å²) in [5, 5.41) is 13.6. The summed E-state index contributed by atoms with van der Waals surface area (Å²) in [6.45, 7) is 2.42. The molecule has 1 aromatic rings. The van der Waals surface area contributed by atoms with Gasteiger partial charge in [-0.2, -0.15) is 0 Å². The normalized spacial score (nSPS) is 18.5. The average molecular weight is 293 g/mol. The van der Waals surface area contributed by atoms with E-state index in [1.54, 1.807) is 17.0 Å². The fourth-order valence-corrected chi connectivity index (χ4v) is 2.32. The molecule has 1 aliphatic rings. The number of hydrogen-bond acceptors (Lipinski definition) is 5. The molecule has 1 atom stereocenters. The first kappa shape index (κ1) is 15.4. The van der Waals surface area contributed by atoms with Gasteiger partial charge in [-0.05, 0) is 12.6 Å². The van der Waals surface area contributed by atoms with Gasteiger partial charge in [0, 0.05) is 31.8 Å². The van der Waals surface area contributed by atoms with Crippen molar-refractivity contribution in [1.29, 1.82) is 0 Å². The minimum atomic E-state index is -0.448. The summed E-state index contributed by atoms with van der Waals surface area (Å²) < 4.78 is 5.56. The molecule has 0 bridgehead atoms. The topological polar surface area (TPSA) is 84.7 Å². The zero-order valence-corrected chi connectivity index (χ0v) is 11.9. The fraction of sp³-hybridized carbons (Fsp3) is 0.500. The van der Waals surface area contributed by atoms with E-state index in [0.29, 0.717) is 26.2 Å². The van der Waals surface area contributed by atoms with Gasteiger partial charge in [0.25, 0.3) is 5.69 Å². The lowest BCUT2D eigenvalue weighted by atomic mass is 10.1. The van der Waals surface area contributed by atoms with E-state index in [1.807, 2.05) is 7.05 Å². The van der Waals surface area contributed by atoms with Gasteiger partial charge in [-0.25, -0.2) is 0 Å². The Morgan fingerprint density at radius 3 is 2.81 bits per heavy atom. The highest BCUT2D eigenvalue weighted by Gasteiger charge is 2.23. The van der Waals surface area contributed by atoms with Crippen molar-refractivity contribution >= 4 is 11.6 Å². The van der Waals surface area contributed by atoms with Crippen molar-refractivity contribution < 1.29 is 14.5 Å². The number of nitro benzene ring substituents is 1. The number of rotatable bonds is 5. The van der Waals surface area contributed by atoms with Gasteiger partial charge < -0.3 is 15.0 Å². The van der Waals surface area contributed by atoms with Crippen molar-refractivity contribution in [2.75, 3.05) is 33.3 Å². The van der Waals surface area contributed by atoms with Gasteiger partial charge in [0.2, 0.25) is 5.91 Å². The Morgan fingerprint density at radius 2 is 2.19 bits per heavy atom. The van der Waals surface area contributed by atoms with Crippen molar-refractivity contribution in [2.45, 2.75) is 12.5 Å². The Balaban J connectivity index is 1.92. The third-order valence-corrected chi connectivity index (χ3v) is 3.43. The Labute approximate surface area is 123 Å². The second-order valence-corrected chi connectivity index (χ2v) is 4.99. The molecule has 1 unspecified atom stereocenters. The molecule has 1 aliphatic heterocycles.